The van der Waals surface area contributed by atoms with Crippen LogP contribution in [-0.4, -0.2) is 24.0 Å². The van der Waals surface area contributed by atoms with Crippen LogP contribution in [0.4, 0.5) is 17.6 Å². The summed E-state index contributed by atoms with van der Waals surface area (Å²) in [6, 6.07) is 5.37. The highest BCUT2D eigenvalue weighted by Gasteiger charge is 2.41. The van der Waals surface area contributed by atoms with E-state index in [1.165, 1.54) is 18.2 Å². The van der Waals surface area contributed by atoms with E-state index in [1.54, 1.807) is 0 Å². The second-order valence-electron chi connectivity index (χ2n) is 3.25. The Hall–Kier alpha value is -1.59. The molecule has 0 aromatic heterocycles. The van der Waals surface area contributed by atoms with E-state index in [1.807, 2.05) is 0 Å². The number of nitrogens with zero attached hydrogens (tertiary/aromatic N) is 1. The third-order valence-electron chi connectivity index (χ3n) is 1.95. The second kappa shape index (κ2) is 4.51. The minimum Gasteiger partial charge on any atom is -0.334 e. The Morgan fingerprint density at radius 1 is 1.31 bits per heavy atom. The third-order valence-corrected chi connectivity index (χ3v) is 1.95. The largest absolute Gasteiger partial charge is 0.471 e. The van der Waals surface area contributed by atoms with Crippen molar-refractivity contribution in [3.05, 3.63) is 35.6 Å². The van der Waals surface area contributed by atoms with E-state index in [2.05, 4.69) is 0 Å². The highest BCUT2D eigenvalue weighted by molar-refractivity contribution is 5.81. The third kappa shape index (κ3) is 2.95. The zero-order chi connectivity index (χ0) is 12.3. The van der Waals surface area contributed by atoms with Crippen molar-refractivity contribution in [1.29, 1.82) is 0 Å². The highest BCUT2D eigenvalue weighted by Crippen LogP contribution is 2.19. The second-order valence-corrected chi connectivity index (χ2v) is 3.25. The van der Waals surface area contributed by atoms with Crippen molar-refractivity contribution in [3.8, 4) is 0 Å². The number of halogens is 4. The lowest BCUT2D eigenvalue weighted by Gasteiger charge is -2.18. The zero-order valence-electron chi connectivity index (χ0n) is 8.38. The van der Waals surface area contributed by atoms with Gasteiger partial charge in [0.1, 0.15) is 5.82 Å². The molecule has 0 bridgehead atoms. The summed E-state index contributed by atoms with van der Waals surface area (Å²) in [6.45, 7) is -0.412. The van der Waals surface area contributed by atoms with Crippen molar-refractivity contribution >= 4 is 5.91 Å². The van der Waals surface area contributed by atoms with Crippen LogP contribution < -0.4 is 0 Å². The van der Waals surface area contributed by atoms with Crippen LogP contribution in [-0.2, 0) is 11.3 Å². The van der Waals surface area contributed by atoms with Gasteiger partial charge in [0.2, 0.25) is 0 Å². The fourth-order valence-electron chi connectivity index (χ4n) is 1.17. The molecule has 1 rings (SSSR count). The van der Waals surface area contributed by atoms with E-state index in [0.717, 1.165) is 13.1 Å². The molecule has 1 aromatic rings. The molecule has 0 fully saturated rings. The van der Waals surface area contributed by atoms with Crippen LogP contribution in [0.15, 0.2) is 24.3 Å². The van der Waals surface area contributed by atoms with Gasteiger partial charge in [-0.15, -0.1) is 0 Å². The number of benzene rings is 1. The van der Waals surface area contributed by atoms with E-state index < -0.39 is 24.4 Å². The fraction of sp³-hybridized carbons (Fsp3) is 0.300. The molecule has 0 atom stereocenters. The predicted molar refractivity (Wildman–Crippen MR) is 48.9 cm³/mol. The zero-order valence-corrected chi connectivity index (χ0v) is 8.38. The molecular weight excluding hydrogens is 226 g/mol. The number of alkyl halides is 3. The summed E-state index contributed by atoms with van der Waals surface area (Å²) in [5.74, 6) is -2.62. The van der Waals surface area contributed by atoms with Gasteiger partial charge < -0.3 is 4.90 Å². The standard InChI is InChI=1S/C10H9F4NO/c1-15(9(16)10(12,13)14)6-7-4-2-3-5-8(7)11/h2-5H,6H2,1H3. The van der Waals surface area contributed by atoms with Gasteiger partial charge in [0.05, 0.1) is 0 Å². The lowest BCUT2D eigenvalue weighted by atomic mass is 10.2. The SMILES string of the molecule is CN(Cc1ccccc1F)C(=O)C(F)(F)F. The predicted octanol–water partition coefficient (Wildman–Crippen LogP) is 2.35. The van der Waals surface area contributed by atoms with Gasteiger partial charge in [-0.3, -0.25) is 4.79 Å². The van der Waals surface area contributed by atoms with E-state index in [-0.39, 0.29) is 5.56 Å². The minimum atomic E-state index is -4.93. The van der Waals surface area contributed by atoms with Crippen LogP contribution in [0.1, 0.15) is 5.56 Å². The average molecular weight is 235 g/mol. The number of hydrogen-bond acceptors (Lipinski definition) is 1. The Labute approximate surface area is 89.5 Å². The molecule has 0 saturated carbocycles. The minimum absolute atomic E-state index is 0.0441. The molecule has 0 heterocycles. The topological polar surface area (TPSA) is 20.3 Å². The lowest BCUT2D eigenvalue weighted by Crippen LogP contribution is -2.38. The maximum absolute atomic E-state index is 13.1. The van der Waals surface area contributed by atoms with Crippen LogP contribution in [0, 0.1) is 5.82 Å². The molecule has 0 N–H and O–H groups in total. The molecule has 0 saturated heterocycles. The van der Waals surface area contributed by atoms with Gasteiger partial charge in [-0.05, 0) is 6.07 Å². The van der Waals surface area contributed by atoms with Crippen molar-refractivity contribution in [1.82, 2.24) is 4.90 Å². The molecule has 1 amide bonds. The quantitative estimate of drug-likeness (QED) is 0.720. The molecule has 2 nitrogen and oxygen atoms in total. The van der Waals surface area contributed by atoms with Crippen LogP contribution >= 0.6 is 0 Å². The van der Waals surface area contributed by atoms with E-state index >= 15 is 0 Å². The maximum Gasteiger partial charge on any atom is 0.471 e. The number of hydrogen-bond donors (Lipinski definition) is 0. The molecule has 88 valence electrons. The molecule has 0 aliphatic rings. The Kier molecular flexibility index (Phi) is 3.51. The first-order valence-corrected chi connectivity index (χ1v) is 4.38. The van der Waals surface area contributed by atoms with Crippen LogP contribution in [0.5, 0.6) is 0 Å². The lowest BCUT2D eigenvalue weighted by molar-refractivity contribution is -0.184. The van der Waals surface area contributed by atoms with Crippen molar-refractivity contribution in [3.63, 3.8) is 0 Å². The first-order valence-electron chi connectivity index (χ1n) is 4.38. The van der Waals surface area contributed by atoms with E-state index in [9.17, 15) is 22.4 Å². The molecule has 6 heteroatoms. The summed E-state index contributed by atoms with van der Waals surface area (Å²) >= 11 is 0. The number of carbonyl (C=O) groups excluding carboxylic acids is 1. The number of carbonyl (C=O) groups is 1. The molecule has 16 heavy (non-hydrogen) atoms. The molecule has 0 unspecified atom stereocenters. The van der Waals surface area contributed by atoms with Crippen molar-refractivity contribution in [2.45, 2.75) is 12.7 Å². The number of rotatable bonds is 2. The normalized spacial score (nSPS) is 11.3. The van der Waals surface area contributed by atoms with Crippen LogP contribution in [0.25, 0.3) is 0 Å². The summed E-state index contributed by atoms with van der Waals surface area (Å²) in [6.07, 6.45) is -4.93. The summed E-state index contributed by atoms with van der Waals surface area (Å²) in [4.78, 5) is 11.2. The summed E-state index contributed by atoms with van der Waals surface area (Å²) in [5, 5.41) is 0. The van der Waals surface area contributed by atoms with Crippen molar-refractivity contribution in [2.75, 3.05) is 7.05 Å². The average Bonchev–Trinajstić information content (AvgIpc) is 2.19. The molecule has 0 spiro atoms. The fourth-order valence-corrected chi connectivity index (χ4v) is 1.17. The Morgan fingerprint density at radius 3 is 2.38 bits per heavy atom. The van der Waals surface area contributed by atoms with E-state index in [0.29, 0.717) is 4.90 Å². The monoisotopic (exact) mass is 235 g/mol. The Bertz CT molecular complexity index is 389. The Balaban J connectivity index is 2.76. The van der Waals surface area contributed by atoms with Gasteiger partial charge >= 0.3 is 12.1 Å². The van der Waals surface area contributed by atoms with Gasteiger partial charge in [0, 0.05) is 19.2 Å². The van der Waals surface area contributed by atoms with Gasteiger partial charge in [-0.25, -0.2) is 4.39 Å². The van der Waals surface area contributed by atoms with Crippen molar-refractivity contribution in [2.24, 2.45) is 0 Å². The summed E-state index contributed by atoms with van der Waals surface area (Å²) in [5.41, 5.74) is 0.0441. The van der Waals surface area contributed by atoms with Gasteiger partial charge in [0.25, 0.3) is 0 Å². The highest BCUT2D eigenvalue weighted by atomic mass is 19.4. The summed E-state index contributed by atoms with van der Waals surface area (Å²) in [7, 11) is 0.974. The summed E-state index contributed by atoms with van der Waals surface area (Å²) < 4.78 is 49.1. The Morgan fingerprint density at radius 2 is 1.88 bits per heavy atom. The van der Waals surface area contributed by atoms with Gasteiger partial charge in [-0.2, -0.15) is 13.2 Å². The smallest absolute Gasteiger partial charge is 0.334 e. The van der Waals surface area contributed by atoms with Gasteiger partial charge in [-0.1, -0.05) is 18.2 Å². The first kappa shape index (κ1) is 12.5. The molecule has 0 aliphatic carbocycles. The molecule has 0 radical (unpaired) electrons. The molecule has 1 aromatic carbocycles. The van der Waals surface area contributed by atoms with Crippen LogP contribution in [0.2, 0.25) is 0 Å². The van der Waals surface area contributed by atoms with Crippen molar-refractivity contribution < 1.29 is 22.4 Å². The number of amides is 1. The maximum atomic E-state index is 13.1. The van der Waals surface area contributed by atoms with Gasteiger partial charge in [0.15, 0.2) is 0 Å². The molecular formula is C10H9F4NO. The first-order chi connectivity index (χ1) is 7.32. The van der Waals surface area contributed by atoms with E-state index in [4.69, 9.17) is 0 Å². The van der Waals surface area contributed by atoms with Crippen LogP contribution in [0.3, 0.4) is 0 Å². The molecule has 0 aliphatic heterocycles.